The molecule has 0 radical (unpaired) electrons. The first-order valence-electron chi connectivity index (χ1n) is 4.19. The van der Waals surface area contributed by atoms with Crippen molar-refractivity contribution in [1.29, 1.82) is 0 Å². The van der Waals surface area contributed by atoms with Crippen LogP contribution in [-0.2, 0) is 0 Å². The van der Waals surface area contributed by atoms with E-state index in [2.05, 4.69) is 5.32 Å². The van der Waals surface area contributed by atoms with Gasteiger partial charge in [0, 0.05) is 12.7 Å². The monoisotopic (exact) mass is 300 g/mol. The van der Waals surface area contributed by atoms with E-state index < -0.39 is 11.0 Å². The van der Waals surface area contributed by atoms with Crippen LogP contribution in [0.1, 0.15) is 0 Å². The number of hydrogen-bond donors (Lipinski definition) is 1. The third kappa shape index (κ3) is 3.59. The molecule has 7 heteroatoms. The number of carbonyl (C=O) groups excluding carboxylic acids is 1. The van der Waals surface area contributed by atoms with Crippen LogP contribution < -0.4 is 5.32 Å². The Kier molecular flexibility index (Phi) is 4.99. The van der Waals surface area contributed by atoms with Gasteiger partial charge in [-0.3, -0.25) is 4.90 Å². The summed E-state index contributed by atoms with van der Waals surface area (Å²) >= 11 is 22.6. The van der Waals surface area contributed by atoms with E-state index in [1.54, 1.807) is 12.1 Å². The fourth-order valence-corrected chi connectivity index (χ4v) is 1.35. The lowest BCUT2D eigenvalue weighted by atomic mass is 10.3. The van der Waals surface area contributed by atoms with Crippen molar-refractivity contribution in [2.24, 2.45) is 0 Å². The molecule has 0 saturated carbocycles. The van der Waals surface area contributed by atoms with Crippen LogP contribution in [-0.4, -0.2) is 22.9 Å². The van der Waals surface area contributed by atoms with Crippen LogP contribution in [0.15, 0.2) is 18.2 Å². The zero-order valence-corrected chi connectivity index (χ0v) is 11.2. The van der Waals surface area contributed by atoms with Gasteiger partial charge in [0.1, 0.15) is 0 Å². The Balaban J connectivity index is 2.74. The van der Waals surface area contributed by atoms with Crippen molar-refractivity contribution in [3.8, 4) is 0 Å². The van der Waals surface area contributed by atoms with Gasteiger partial charge in [-0.05, 0) is 18.2 Å². The highest BCUT2D eigenvalue weighted by atomic mass is 35.5. The molecule has 16 heavy (non-hydrogen) atoms. The van der Waals surface area contributed by atoms with Gasteiger partial charge in [-0.15, -0.1) is 0 Å². The van der Waals surface area contributed by atoms with Gasteiger partial charge in [0.25, 0.3) is 0 Å². The molecule has 0 aromatic heterocycles. The number of anilines is 1. The number of halogens is 4. The van der Waals surface area contributed by atoms with Crippen molar-refractivity contribution in [2.45, 2.75) is 4.96 Å². The normalized spacial score (nSPS) is 10.4. The molecule has 0 aliphatic heterocycles. The summed E-state index contributed by atoms with van der Waals surface area (Å²) < 4.78 is 0. The summed E-state index contributed by atoms with van der Waals surface area (Å²) in [4.78, 5) is 11.7. The Morgan fingerprint density at radius 2 is 1.94 bits per heavy atom. The Bertz CT molecular complexity index is 397. The molecule has 0 fully saturated rings. The second-order valence-corrected chi connectivity index (χ2v) is 4.81. The fraction of sp³-hybridized carbons (Fsp3) is 0.222. The third-order valence-electron chi connectivity index (χ3n) is 1.78. The Morgan fingerprint density at radius 3 is 2.44 bits per heavy atom. The molecule has 1 aromatic rings. The summed E-state index contributed by atoms with van der Waals surface area (Å²) in [6.07, 6.45) is 0. The van der Waals surface area contributed by atoms with Gasteiger partial charge >= 0.3 is 6.03 Å². The summed E-state index contributed by atoms with van der Waals surface area (Å²) in [5, 5.41) is 3.34. The van der Waals surface area contributed by atoms with E-state index in [-0.39, 0.29) is 0 Å². The molecule has 3 nitrogen and oxygen atoms in total. The lowest BCUT2D eigenvalue weighted by Crippen LogP contribution is -2.34. The number of carbonyl (C=O) groups is 1. The van der Waals surface area contributed by atoms with Crippen LogP contribution in [0.2, 0.25) is 10.0 Å². The van der Waals surface area contributed by atoms with Crippen LogP contribution >= 0.6 is 46.4 Å². The molecule has 0 atom stereocenters. The summed E-state index contributed by atoms with van der Waals surface area (Å²) in [5.41, 5.74) is 0.514. The predicted octanol–water partition coefficient (Wildman–Crippen LogP) is 4.22. The lowest BCUT2D eigenvalue weighted by molar-refractivity contribution is 0.226. The molecule has 88 valence electrons. The maximum absolute atomic E-state index is 11.5. The topological polar surface area (TPSA) is 32.3 Å². The van der Waals surface area contributed by atoms with E-state index in [1.165, 1.54) is 13.1 Å². The molecular weight excluding hydrogens is 294 g/mol. The number of rotatable bonds is 2. The lowest BCUT2D eigenvalue weighted by Gasteiger charge is -2.18. The van der Waals surface area contributed by atoms with Gasteiger partial charge in [0.15, 0.2) is 4.96 Å². The van der Waals surface area contributed by atoms with Crippen LogP contribution in [0.4, 0.5) is 10.5 Å². The minimum absolute atomic E-state index is 0.357. The quantitative estimate of drug-likeness (QED) is 0.644. The zero-order chi connectivity index (χ0) is 12.3. The van der Waals surface area contributed by atoms with Gasteiger partial charge in [-0.1, -0.05) is 46.4 Å². The summed E-state index contributed by atoms with van der Waals surface area (Å²) in [5.74, 6) is 0. The molecule has 1 aromatic carbocycles. The van der Waals surface area contributed by atoms with Crippen molar-refractivity contribution in [2.75, 3.05) is 12.4 Å². The maximum atomic E-state index is 11.5. The standard InChI is InChI=1S/C9H8Cl4N2O/c1-15(8(12)13)9(16)14-5-2-3-6(10)7(11)4-5/h2-4,8H,1H3,(H,14,16). The number of nitrogens with one attached hydrogen (secondary N) is 1. The number of benzene rings is 1. The SMILES string of the molecule is CN(C(=O)Nc1ccc(Cl)c(Cl)c1)C(Cl)Cl. The highest BCUT2D eigenvalue weighted by Gasteiger charge is 2.14. The van der Waals surface area contributed by atoms with Crippen LogP contribution in [0.5, 0.6) is 0 Å². The minimum atomic E-state index is -0.914. The number of hydrogen-bond acceptors (Lipinski definition) is 1. The Morgan fingerprint density at radius 1 is 1.31 bits per heavy atom. The summed E-state index contributed by atoms with van der Waals surface area (Å²) in [7, 11) is 1.47. The summed E-state index contributed by atoms with van der Waals surface area (Å²) in [6.45, 7) is 0. The van der Waals surface area contributed by atoms with Crippen molar-refractivity contribution >= 4 is 58.1 Å². The maximum Gasteiger partial charge on any atom is 0.323 e. The molecule has 0 heterocycles. The Hall–Kier alpha value is -0.350. The molecule has 0 bridgehead atoms. The summed E-state index contributed by atoms with van der Waals surface area (Å²) in [6, 6.07) is 4.30. The second-order valence-electron chi connectivity index (χ2n) is 2.95. The van der Waals surface area contributed by atoms with Gasteiger partial charge in [0.2, 0.25) is 0 Å². The van der Waals surface area contributed by atoms with E-state index in [1.807, 2.05) is 0 Å². The number of nitrogens with zero attached hydrogens (tertiary/aromatic N) is 1. The molecule has 0 aliphatic carbocycles. The molecule has 1 rings (SSSR count). The van der Waals surface area contributed by atoms with E-state index in [4.69, 9.17) is 46.4 Å². The molecule has 0 saturated heterocycles. The second kappa shape index (κ2) is 5.82. The first-order chi connectivity index (χ1) is 7.41. The average molecular weight is 302 g/mol. The molecule has 0 unspecified atom stereocenters. The molecule has 0 aliphatic rings. The largest absolute Gasteiger partial charge is 0.323 e. The fourth-order valence-electron chi connectivity index (χ4n) is 0.874. The number of urea groups is 1. The Labute approximate surface area is 113 Å². The van der Waals surface area contributed by atoms with Crippen molar-refractivity contribution in [3.05, 3.63) is 28.2 Å². The van der Waals surface area contributed by atoms with Crippen LogP contribution in [0.3, 0.4) is 0 Å². The van der Waals surface area contributed by atoms with Crippen LogP contribution in [0, 0.1) is 0 Å². The molecule has 1 N–H and O–H groups in total. The van der Waals surface area contributed by atoms with E-state index >= 15 is 0 Å². The predicted molar refractivity (Wildman–Crippen MR) is 68.7 cm³/mol. The average Bonchev–Trinajstić information content (AvgIpc) is 2.22. The molecule has 2 amide bonds. The number of amides is 2. The van der Waals surface area contributed by atoms with Gasteiger partial charge in [0.05, 0.1) is 10.0 Å². The van der Waals surface area contributed by atoms with Crippen molar-refractivity contribution < 1.29 is 4.79 Å². The zero-order valence-electron chi connectivity index (χ0n) is 8.18. The van der Waals surface area contributed by atoms with Gasteiger partial charge < -0.3 is 5.32 Å². The van der Waals surface area contributed by atoms with Gasteiger partial charge in [-0.25, -0.2) is 4.79 Å². The van der Waals surface area contributed by atoms with Crippen molar-refractivity contribution in [1.82, 2.24) is 4.90 Å². The first-order valence-corrected chi connectivity index (χ1v) is 5.81. The van der Waals surface area contributed by atoms with Crippen LogP contribution in [0.25, 0.3) is 0 Å². The number of alkyl halides is 2. The highest BCUT2D eigenvalue weighted by Crippen LogP contribution is 2.25. The van der Waals surface area contributed by atoms with E-state index in [0.29, 0.717) is 15.7 Å². The van der Waals surface area contributed by atoms with Gasteiger partial charge in [-0.2, -0.15) is 0 Å². The smallest absolute Gasteiger partial charge is 0.308 e. The highest BCUT2D eigenvalue weighted by molar-refractivity contribution is 6.44. The third-order valence-corrected chi connectivity index (χ3v) is 3.11. The first kappa shape index (κ1) is 13.7. The molecular formula is C9H8Cl4N2O. The minimum Gasteiger partial charge on any atom is -0.308 e. The molecule has 0 spiro atoms. The van der Waals surface area contributed by atoms with E-state index in [9.17, 15) is 4.79 Å². The van der Waals surface area contributed by atoms with E-state index in [0.717, 1.165) is 4.90 Å². The van der Waals surface area contributed by atoms with Crippen molar-refractivity contribution in [3.63, 3.8) is 0 Å².